The molecule has 6 rings (SSSR count). The Hall–Kier alpha value is -3.71. The minimum Gasteiger partial charge on any atom is -0.301 e. The highest BCUT2D eigenvalue weighted by Crippen LogP contribution is 2.61. The number of hydrogen-bond donors (Lipinski definition) is 2. The second-order valence-electron chi connectivity index (χ2n) is 9.97. The molecule has 3 aliphatic heterocycles. The molecule has 3 aromatic rings. The first kappa shape index (κ1) is 20.9. The predicted octanol–water partition coefficient (Wildman–Crippen LogP) is 5.25. The lowest BCUT2D eigenvalue weighted by molar-refractivity contribution is -0.123. The molecule has 1 saturated heterocycles. The molecule has 1 fully saturated rings. The van der Waals surface area contributed by atoms with Gasteiger partial charge in [-0.05, 0) is 40.5 Å². The summed E-state index contributed by atoms with van der Waals surface area (Å²) in [5.74, 6) is -1.37. The van der Waals surface area contributed by atoms with Gasteiger partial charge in [-0.3, -0.25) is 20.2 Å². The van der Waals surface area contributed by atoms with E-state index in [1.54, 1.807) is 17.4 Å². The number of amides is 4. The highest BCUT2D eigenvalue weighted by atomic mass is 32.1. The van der Waals surface area contributed by atoms with Gasteiger partial charge in [0.2, 0.25) is 0 Å². The van der Waals surface area contributed by atoms with Crippen molar-refractivity contribution in [3.63, 3.8) is 0 Å². The highest BCUT2D eigenvalue weighted by Gasteiger charge is 2.46. The third kappa shape index (κ3) is 2.64. The Kier molecular flexibility index (Phi) is 4.09. The monoisotopic (exact) mass is 469 g/mol. The van der Waals surface area contributed by atoms with E-state index in [2.05, 4.69) is 91.8 Å². The van der Waals surface area contributed by atoms with Crippen LogP contribution < -0.4 is 15.5 Å². The smallest absolute Gasteiger partial charge is 0.301 e. The lowest BCUT2D eigenvalue weighted by Crippen LogP contribution is -2.51. The Balaban J connectivity index is 1.60. The van der Waals surface area contributed by atoms with E-state index in [0.29, 0.717) is 0 Å². The van der Waals surface area contributed by atoms with Crippen LogP contribution in [-0.4, -0.2) is 17.8 Å². The molecule has 170 valence electrons. The first-order valence-electron chi connectivity index (χ1n) is 11.2. The molecule has 0 atom stereocenters. The number of barbiturate groups is 1. The van der Waals surface area contributed by atoms with Crippen molar-refractivity contribution < 1.29 is 14.4 Å². The second kappa shape index (κ2) is 6.67. The molecule has 7 heteroatoms. The molecule has 0 aliphatic carbocycles. The largest absolute Gasteiger partial charge is 0.328 e. The molecule has 0 bridgehead atoms. The van der Waals surface area contributed by atoms with Crippen LogP contribution >= 0.6 is 11.3 Å². The van der Waals surface area contributed by atoms with Crippen LogP contribution in [0.1, 0.15) is 54.8 Å². The number of fused-ring (bicyclic) bond motifs is 4. The number of hydrogen-bond acceptors (Lipinski definition) is 5. The average Bonchev–Trinajstić information content (AvgIpc) is 3.21. The number of rotatable bonds is 1. The summed E-state index contributed by atoms with van der Waals surface area (Å²) < 4.78 is 0. The average molecular weight is 470 g/mol. The standard InChI is InChI=1S/C27H23N3O3S/c1-26(2)16-8-5-6-11-20(16)30-21-17(26)9-7-10-18(21)27(3,4)19-13-14(34-24(19)30)12-15-22(31)28-25(33)29-23(15)32/h5-13H,1-4H3,(H2,28,29,31,32,33). The third-order valence-corrected chi connectivity index (χ3v) is 8.33. The number of imide groups is 2. The summed E-state index contributed by atoms with van der Waals surface area (Å²) in [7, 11) is 0. The molecule has 1 aromatic heterocycles. The fourth-order valence-electron chi connectivity index (χ4n) is 5.45. The van der Waals surface area contributed by atoms with Crippen molar-refractivity contribution in [3.8, 4) is 0 Å². The molecule has 34 heavy (non-hydrogen) atoms. The molecule has 6 nitrogen and oxygen atoms in total. The van der Waals surface area contributed by atoms with E-state index < -0.39 is 17.8 Å². The van der Waals surface area contributed by atoms with E-state index in [1.165, 1.54) is 22.4 Å². The minimum absolute atomic E-state index is 0.0746. The first-order valence-corrected chi connectivity index (χ1v) is 12.0. The van der Waals surface area contributed by atoms with Crippen molar-refractivity contribution in [3.05, 3.63) is 81.2 Å². The van der Waals surface area contributed by atoms with Crippen molar-refractivity contribution in [1.82, 2.24) is 10.6 Å². The number of anilines is 3. The van der Waals surface area contributed by atoms with Crippen LogP contribution in [0.2, 0.25) is 0 Å². The van der Waals surface area contributed by atoms with Gasteiger partial charge in [-0.25, -0.2) is 4.79 Å². The van der Waals surface area contributed by atoms with Crippen LogP contribution in [0, 0.1) is 0 Å². The Morgan fingerprint density at radius 1 is 0.794 bits per heavy atom. The van der Waals surface area contributed by atoms with Crippen molar-refractivity contribution in [1.29, 1.82) is 0 Å². The van der Waals surface area contributed by atoms with Crippen molar-refractivity contribution in [2.75, 3.05) is 4.90 Å². The van der Waals surface area contributed by atoms with E-state index >= 15 is 0 Å². The lowest BCUT2D eigenvalue weighted by Gasteiger charge is -2.48. The van der Waals surface area contributed by atoms with E-state index in [1.807, 2.05) is 0 Å². The van der Waals surface area contributed by atoms with Crippen LogP contribution in [0.15, 0.2) is 54.1 Å². The second-order valence-corrected chi connectivity index (χ2v) is 11.0. The molecule has 2 aromatic carbocycles. The molecule has 0 saturated carbocycles. The first-order chi connectivity index (χ1) is 16.1. The normalized spacial score (nSPS) is 19.0. The van der Waals surface area contributed by atoms with E-state index in [-0.39, 0.29) is 16.4 Å². The van der Waals surface area contributed by atoms with E-state index in [9.17, 15) is 14.4 Å². The minimum atomic E-state index is -0.797. The Morgan fingerprint density at radius 2 is 1.38 bits per heavy atom. The topological polar surface area (TPSA) is 78.5 Å². The molecule has 4 heterocycles. The fraction of sp³-hybridized carbons (Fsp3) is 0.222. The number of benzene rings is 2. The third-order valence-electron chi connectivity index (χ3n) is 7.26. The summed E-state index contributed by atoms with van der Waals surface area (Å²) in [4.78, 5) is 39.2. The van der Waals surface area contributed by atoms with Gasteiger partial charge in [-0.1, -0.05) is 64.1 Å². The predicted molar refractivity (Wildman–Crippen MR) is 133 cm³/mol. The Labute approximate surface area is 201 Å². The Bertz CT molecular complexity index is 1460. The van der Waals surface area contributed by atoms with Crippen molar-refractivity contribution >= 4 is 51.6 Å². The zero-order chi connectivity index (χ0) is 24.0. The molecule has 2 N–H and O–H groups in total. The van der Waals surface area contributed by atoms with Crippen LogP contribution in [0.3, 0.4) is 0 Å². The van der Waals surface area contributed by atoms with Crippen LogP contribution in [0.4, 0.5) is 21.2 Å². The fourth-order valence-corrected chi connectivity index (χ4v) is 6.73. The lowest BCUT2D eigenvalue weighted by atomic mass is 9.67. The van der Waals surface area contributed by atoms with Crippen molar-refractivity contribution in [2.24, 2.45) is 0 Å². The summed E-state index contributed by atoms with van der Waals surface area (Å²) in [6.45, 7) is 8.98. The summed E-state index contributed by atoms with van der Waals surface area (Å²) in [6.07, 6.45) is 1.57. The molecule has 3 aliphatic rings. The molecule has 4 amide bonds. The maximum atomic E-state index is 12.3. The maximum Gasteiger partial charge on any atom is 0.328 e. The number of carbonyl (C=O) groups is 3. The van der Waals surface area contributed by atoms with Gasteiger partial charge in [0.05, 0.1) is 11.4 Å². The molecule has 0 unspecified atom stereocenters. The van der Waals surface area contributed by atoms with Gasteiger partial charge in [0.15, 0.2) is 0 Å². The quantitative estimate of drug-likeness (QED) is 0.377. The van der Waals surface area contributed by atoms with Gasteiger partial charge in [0, 0.05) is 15.7 Å². The van der Waals surface area contributed by atoms with Gasteiger partial charge in [-0.15, -0.1) is 11.3 Å². The van der Waals surface area contributed by atoms with Gasteiger partial charge in [0.25, 0.3) is 11.8 Å². The van der Waals surface area contributed by atoms with Gasteiger partial charge in [0.1, 0.15) is 10.6 Å². The zero-order valence-electron chi connectivity index (χ0n) is 19.3. The summed E-state index contributed by atoms with van der Waals surface area (Å²) in [6, 6.07) is 16.3. The number of nitrogens with one attached hydrogen (secondary N) is 2. The van der Waals surface area contributed by atoms with E-state index in [0.717, 1.165) is 21.1 Å². The molecule has 0 radical (unpaired) electrons. The zero-order valence-corrected chi connectivity index (χ0v) is 20.1. The summed E-state index contributed by atoms with van der Waals surface area (Å²) in [5, 5.41) is 5.37. The van der Waals surface area contributed by atoms with Crippen molar-refractivity contribution in [2.45, 2.75) is 38.5 Å². The summed E-state index contributed by atoms with van der Waals surface area (Å²) >= 11 is 1.54. The maximum absolute atomic E-state index is 12.3. The van der Waals surface area contributed by atoms with Gasteiger partial charge < -0.3 is 4.90 Å². The summed E-state index contributed by atoms with van der Waals surface area (Å²) in [5.41, 5.74) is 6.76. The van der Waals surface area contributed by atoms with Crippen LogP contribution in [0.25, 0.3) is 6.08 Å². The Morgan fingerprint density at radius 3 is 2.06 bits per heavy atom. The van der Waals surface area contributed by atoms with Crippen LogP contribution in [0.5, 0.6) is 0 Å². The molecular formula is C27H23N3O3S. The number of urea groups is 1. The number of thiophene rings is 1. The van der Waals surface area contributed by atoms with Gasteiger partial charge >= 0.3 is 6.03 Å². The van der Waals surface area contributed by atoms with Gasteiger partial charge in [-0.2, -0.15) is 0 Å². The number of carbonyl (C=O) groups excluding carboxylic acids is 3. The van der Waals surface area contributed by atoms with E-state index in [4.69, 9.17) is 0 Å². The molecule has 0 spiro atoms. The highest BCUT2D eigenvalue weighted by molar-refractivity contribution is 7.17. The SMILES string of the molecule is CC1(C)c2ccccc2N2c3sc(C=C4C(=O)NC(=O)NC4=O)cc3C(C)(C)c3cccc1c32. The number of para-hydroxylation sites is 2. The molecular weight excluding hydrogens is 446 g/mol. The number of nitrogens with zero attached hydrogens (tertiary/aromatic N) is 1. The van der Waals surface area contributed by atoms with Crippen LogP contribution in [-0.2, 0) is 20.4 Å².